The van der Waals surface area contributed by atoms with Gasteiger partial charge in [0.2, 0.25) is 0 Å². The molecule has 2 nitrogen and oxygen atoms in total. The van der Waals surface area contributed by atoms with E-state index in [2.05, 4.69) is 0 Å². The molecular formula is C31H20F3O2S2+. The quantitative estimate of drug-likeness (QED) is 0.165. The highest BCUT2D eigenvalue weighted by atomic mass is 32.2. The summed E-state index contributed by atoms with van der Waals surface area (Å²) in [6.45, 7) is 0. The van der Waals surface area contributed by atoms with Crippen LogP contribution in [-0.4, -0.2) is 10.9 Å². The van der Waals surface area contributed by atoms with Gasteiger partial charge in [-0.2, -0.15) is 0 Å². The number of hydrogen-bond acceptors (Lipinski definition) is 3. The Bertz CT molecular complexity index is 1530. The molecule has 1 N–H and O–H groups in total. The summed E-state index contributed by atoms with van der Waals surface area (Å²) in [6, 6.07) is 30.5. The number of rotatable bonds is 7. The van der Waals surface area contributed by atoms with E-state index >= 15 is 0 Å². The van der Waals surface area contributed by atoms with E-state index in [9.17, 15) is 23.1 Å². The van der Waals surface area contributed by atoms with Crippen LogP contribution in [0.5, 0.6) is 5.75 Å². The lowest BCUT2D eigenvalue weighted by Gasteiger charge is -2.10. The van der Waals surface area contributed by atoms with E-state index in [1.165, 1.54) is 30.3 Å². The van der Waals surface area contributed by atoms with Crippen LogP contribution in [0.15, 0.2) is 140 Å². The maximum atomic E-state index is 15.0. The lowest BCUT2D eigenvalue weighted by molar-refractivity contribution is 0.103. The van der Waals surface area contributed by atoms with E-state index in [0.29, 0.717) is 5.56 Å². The SMILES string of the molecule is O=C(c1ccccc1)c1cc(F)c(Sc2ccc([S+](c3ccc(F)cc3)c3ccc(F)cc3)cc2)cc1O. The zero-order valence-corrected chi connectivity index (χ0v) is 21.4. The van der Waals surface area contributed by atoms with Crippen LogP contribution in [0, 0.1) is 17.5 Å². The van der Waals surface area contributed by atoms with Crippen LogP contribution in [0.3, 0.4) is 0 Å². The van der Waals surface area contributed by atoms with Crippen LogP contribution in [-0.2, 0) is 10.9 Å². The Morgan fingerprint density at radius 1 is 0.658 bits per heavy atom. The third kappa shape index (κ3) is 5.64. The minimum Gasteiger partial charge on any atom is -0.507 e. The third-order valence-electron chi connectivity index (χ3n) is 5.72. The summed E-state index contributed by atoms with van der Waals surface area (Å²) >= 11 is 1.12. The summed E-state index contributed by atoms with van der Waals surface area (Å²) in [6.07, 6.45) is 0. The maximum Gasteiger partial charge on any atom is 0.196 e. The molecule has 0 spiro atoms. The fourth-order valence-electron chi connectivity index (χ4n) is 3.87. The Labute approximate surface area is 225 Å². The van der Waals surface area contributed by atoms with Crippen LogP contribution >= 0.6 is 11.8 Å². The predicted octanol–water partition coefficient (Wildman–Crippen LogP) is 8.29. The summed E-state index contributed by atoms with van der Waals surface area (Å²) in [7, 11) is -0.615. The molecule has 0 aliphatic carbocycles. The van der Waals surface area contributed by atoms with Crippen molar-refractivity contribution in [1.29, 1.82) is 0 Å². The number of phenolic OH excluding ortho intramolecular Hbond substituents is 1. The van der Waals surface area contributed by atoms with Crippen LogP contribution in [0.1, 0.15) is 15.9 Å². The highest BCUT2D eigenvalue weighted by Gasteiger charge is 2.29. The molecule has 0 atom stereocenters. The molecule has 0 heterocycles. The van der Waals surface area contributed by atoms with Gasteiger partial charge in [-0.15, -0.1) is 0 Å². The summed E-state index contributed by atoms with van der Waals surface area (Å²) in [5, 5.41) is 10.5. The van der Waals surface area contributed by atoms with E-state index in [1.54, 1.807) is 54.6 Å². The summed E-state index contributed by atoms with van der Waals surface area (Å²) in [4.78, 5) is 16.2. The van der Waals surface area contributed by atoms with Crippen molar-refractivity contribution in [2.45, 2.75) is 24.5 Å². The van der Waals surface area contributed by atoms with Crippen molar-refractivity contribution < 1.29 is 23.1 Å². The Kier molecular flexibility index (Phi) is 7.58. The lowest BCUT2D eigenvalue weighted by atomic mass is 10.0. The van der Waals surface area contributed by atoms with Crippen LogP contribution in [0.2, 0.25) is 0 Å². The van der Waals surface area contributed by atoms with Crippen molar-refractivity contribution in [2.75, 3.05) is 0 Å². The fourth-order valence-corrected chi connectivity index (χ4v) is 6.76. The molecule has 0 aliphatic rings. The Morgan fingerprint density at radius 3 is 1.68 bits per heavy atom. The van der Waals surface area contributed by atoms with E-state index in [-0.39, 0.29) is 27.8 Å². The molecule has 38 heavy (non-hydrogen) atoms. The Hall–Kier alpha value is -3.94. The first-order valence-corrected chi connectivity index (χ1v) is 13.6. The van der Waals surface area contributed by atoms with Crippen molar-refractivity contribution >= 4 is 28.4 Å². The van der Waals surface area contributed by atoms with E-state index < -0.39 is 22.5 Å². The highest BCUT2D eigenvalue weighted by Crippen LogP contribution is 2.37. The Morgan fingerprint density at radius 2 is 1.16 bits per heavy atom. The zero-order chi connectivity index (χ0) is 26.6. The van der Waals surface area contributed by atoms with Gasteiger partial charge in [0.05, 0.1) is 21.4 Å². The molecule has 0 radical (unpaired) electrons. The smallest absolute Gasteiger partial charge is 0.196 e. The van der Waals surface area contributed by atoms with Crippen LogP contribution < -0.4 is 0 Å². The number of aromatic hydroxyl groups is 1. The molecule has 7 heteroatoms. The maximum absolute atomic E-state index is 15.0. The topological polar surface area (TPSA) is 37.3 Å². The summed E-state index contributed by atoms with van der Waals surface area (Å²) < 4.78 is 42.1. The van der Waals surface area contributed by atoms with Crippen molar-refractivity contribution in [3.8, 4) is 5.75 Å². The molecule has 5 aromatic rings. The first kappa shape index (κ1) is 25.7. The largest absolute Gasteiger partial charge is 0.507 e. The monoisotopic (exact) mass is 545 g/mol. The van der Waals surface area contributed by atoms with E-state index in [4.69, 9.17) is 0 Å². The molecule has 0 saturated heterocycles. The van der Waals surface area contributed by atoms with E-state index in [1.807, 2.05) is 24.3 Å². The summed E-state index contributed by atoms with van der Waals surface area (Å²) in [5.41, 5.74) is 0.256. The van der Waals surface area contributed by atoms with Crippen molar-refractivity contribution in [1.82, 2.24) is 0 Å². The highest BCUT2D eigenvalue weighted by molar-refractivity contribution is 7.99. The second-order valence-electron chi connectivity index (χ2n) is 8.28. The van der Waals surface area contributed by atoms with Crippen molar-refractivity contribution in [2.24, 2.45) is 0 Å². The predicted molar refractivity (Wildman–Crippen MR) is 143 cm³/mol. The molecule has 0 bridgehead atoms. The molecule has 0 amide bonds. The lowest BCUT2D eigenvalue weighted by Crippen LogP contribution is -2.05. The van der Waals surface area contributed by atoms with Gasteiger partial charge in [0, 0.05) is 10.5 Å². The van der Waals surface area contributed by atoms with Crippen LogP contribution in [0.25, 0.3) is 0 Å². The van der Waals surface area contributed by atoms with E-state index in [0.717, 1.165) is 37.4 Å². The first-order chi connectivity index (χ1) is 18.4. The average Bonchev–Trinajstić information content (AvgIpc) is 2.94. The molecule has 5 aromatic carbocycles. The Balaban J connectivity index is 1.41. The number of ketones is 1. The second-order valence-corrected chi connectivity index (χ2v) is 11.4. The molecule has 188 valence electrons. The number of hydrogen-bond donors (Lipinski definition) is 1. The van der Waals surface area contributed by atoms with Gasteiger partial charge in [0.1, 0.15) is 23.2 Å². The average molecular weight is 546 g/mol. The van der Waals surface area contributed by atoms with Gasteiger partial charge in [0.25, 0.3) is 0 Å². The number of halogens is 3. The zero-order valence-electron chi connectivity index (χ0n) is 19.8. The van der Waals surface area contributed by atoms with Gasteiger partial charge in [-0.3, -0.25) is 4.79 Å². The molecule has 0 aliphatic heterocycles. The van der Waals surface area contributed by atoms with Gasteiger partial charge in [-0.05, 0) is 84.9 Å². The van der Waals surface area contributed by atoms with Gasteiger partial charge < -0.3 is 5.11 Å². The fraction of sp³-hybridized carbons (Fsp3) is 0. The van der Waals surface area contributed by atoms with Gasteiger partial charge >= 0.3 is 0 Å². The van der Waals surface area contributed by atoms with Crippen molar-refractivity contribution in [3.05, 3.63) is 144 Å². The molecule has 0 unspecified atom stereocenters. The molecular weight excluding hydrogens is 525 g/mol. The number of carbonyl (C=O) groups is 1. The normalized spacial score (nSPS) is 11.1. The minimum absolute atomic E-state index is 0.101. The number of carbonyl (C=O) groups excluding carboxylic acids is 1. The number of phenols is 1. The first-order valence-electron chi connectivity index (χ1n) is 11.5. The molecule has 0 saturated carbocycles. The third-order valence-corrected chi connectivity index (χ3v) is 8.99. The molecule has 0 fully saturated rings. The number of benzene rings is 5. The molecule has 5 rings (SSSR count). The minimum atomic E-state index is -0.617. The summed E-state index contributed by atoms with van der Waals surface area (Å²) in [5.74, 6) is -2.06. The van der Waals surface area contributed by atoms with Gasteiger partial charge in [-0.1, -0.05) is 42.1 Å². The van der Waals surface area contributed by atoms with Crippen molar-refractivity contribution in [3.63, 3.8) is 0 Å². The van der Waals surface area contributed by atoms with Crippen LogP contribution in [0.4, 0.5) is 13.2 Å². The second kappa shape index (κ2) is 11.2. The standard InChI is InChI=1S/C31H19F3O2S2/c32-21-6-12-24(13-7-21)38(25-14-8-22(33)9-15-25)26-16-10-23(11-17-26)37-30-19-29(35)27(18-28(30)34)31(36)20-4-2-1-3-5-20/h1-19H/p+1. The van der Waals surface area contributed by atoms with Gasteiger partial charge in [-0.25, -0.2) is 13.2 Å². The van der Waals surface area contributed by atoms with Gasteiger partial charge in [0.15, 0.2) is 20.5 Å². The molecule has 0 aromatic heterocycles.